The molecular formula is C10H8N2O4. The van der Waals surface area contributed by atoms with Crippen molar-refractivity contribution in [1.29, 1.82) is 0 Å². The zero-order valence-electron chi connectivity index (χ0n) is 8.34. The van der Waals surface area contributed by atoms with E-state index < -0.39 is 5.97 Å². The largest absolute Gasteiger partial charge is 0.508 e. The molecule has 0 bridgehead atoms. The van der Waals surface area contributed by atoms with Crippen LogP contribution in [-0.2, 0) is 0 Å². The molecule has 2 rings (SSSR count). The Balaban J connectivity index is 2.78. The van der Waals surface area contributed by atoms with E-state index in [2.05, 4.69) is 9.97 Å². The highest BCUT2D eigenvalue weighted by Gasteiger charge is 2.13. The maximum absolute atomic E-state index is 10.8. The molecule has 0 spiro atoms. The Morgan fingerprint density at radius 2 is 2.12 bits per heavy atom. The maximum atomic E-state index is 10.8. The van der Waals surface area contributed by atoms with Crippen LogP contribution in [0.5, 0.6) is 11.6 Å². The number of aromatic hydroxyl groups is 1. The van der Waals surface area contributed by atoms with Crippen molar-refractivity contribution in [3.05, 3.63) is 24.0 Å². The summed E-state index contributed by atoms with van der Waals surface area (Å²) in [6.45, 7) is 0. The number of fused-ring (bicyclic) bond motifs is 1. The van der Waals surface area contributed by atoms with E-state index in [-0.39, 0.29) is 17.5 Å². The van der Waals surface area contributed by atoms with Crippen LogP contribution < -0.4 is 4.74 Å². The number of carboxylic acids is 1. The molecule has 0 aliphatic heterocycles. The number of rotatable bonds is 2. The van der Waals surface area contributed by atoms with Crippen LogP contribution in [0.25, 0.3) is 10.9 Å². The van der Waals surface area contributed by atoms with Crippen LogP contribution in [0.4, 0.5) is 0 Å². The van der Waals surface area contributed by atoms with Crippen molar-refractivity contribution in [2.24, 2.45) is 0 Å². The minimum atomic E-state index is -1.25. The molecule has 82 valence electrons. The second-order valence-electron chi connectivity index (χ2n) is 3.06. The van der Waals surface area contributed by atoms with Gasteiger partial charge in [-0.05, 0) is 12.1 Å². The van der Waals surface area contributed by atoms with E-state index in [1.165, 1.54) is 19.2 Å². The number of benzene rings is 1. The summed E-state index contributed by atoms with van der Waals surface area (Å²) in [6.07, 6.45) is 0. The van der Waals surface area contributed by atoms with Crippen molar-refractivity contribution in [2.75, 3.05) is 7.11 Å². The molecule has 0 aliphatic carbocycles. The monoisotopic (exact) mass is 220 g/mol. The van der Waals surface area contributed by atoms with Gasteiger partial charge in [-0.25, -0.2) is 9.78 Å². The number of ether oxygens (including phenoxy) is 1. The molecule has 1 heterocycles. The number of hydrogen-bond acceptors (Lipinski definition) is 5. The van der Waals surface area contributed by atoms with E-state index in [9.17, 15) is 9.90 Å². The minimum Gasteiger partial charge on any atom is -0.508 e. The minimum absolute atomic E-state index is 0.00425. The summed E-state index contributed by atoms with van der Waals surface area (Å²) in [5.74, 6) is -1.44. The van der Waals surface area contributed by atoms with Crippen LogP contribution in [0.15, 0.2) is 18.2 Å². The van der Waals surface area contributed by atoms with E-state index in [1.54, 1.807) is 6.07 Å². The Bertz CT molecular complexity index is 568. The summed E-state index contributed by atoms with van der Waals surface area (Å²) < 4.78 is 4.96. The Morgan fingerprint density at radius 3 is 2.75 bits per heavy atom. The van der Waals surface area contributed by atoms with Crippen LogP contribution in [0.3, 0.4) is 0 Å². The van der Waals surface area contributed by atoms with Gasteiger partial charge in [0.1, 0.15) is 5.75 Å². The van der Waals surface area contributed by atoms with Gasteiger partial charge in [-0.1, -0.05) is 0 Å². The maximum Gasteiger partial charge on any atom is 0.374 e. The van der Waals surface area contributed by atoms with Gasteiger partial charge < -0.3 is 14.9 Å². The fourth-order valence-corrected chi connectivity index (χ4v) is 1.34. The van der Waals surface area contributed by atoms with Gasteiger partial charge in [-0.3, -0.25) is 0 Å². The summed E-state index contributed by atoms with van der Waals surface area (Å²) >= 11 is 0. The van der Waals surface area contributed by atoms with Crippen LogP contribution in [-0.4, -0.2) is 33.3 Å². The van der Waals surface area contributed by atoms with E-state index in [4.69, 9.17) is 9.84 Å². The molecule has 6 heteroatoms. The molecule has 2 N–H and O–H groups in total. The molecule has 0 unspecified atom stereocenters. The Hall–Kier alpha value is -2.37. The third-order valence-electron chi connectivity index (χ3n) is 2.03. The predicted molar refractivity (Wildman–Crippen MR) is 54.7 cm³/mol. The van der Waals surface area contributed by atoms with Crippen LogP contribution in [0.2, 0.25) is 0 Å². The first-order valence-electron chi connectivity index (χ1n) is 4.40. The van der Waals surface area contributed by atoms with Crippen molar-refractivity contribution in [3.8, 4) is 11.6 Å². The smallest absolute Gasteiger partial charge is 0.374 e. The second-order valence-corrected chi connectivity index (χ2v) is 3.06. The quantitative estimate of drug-likeness (QED) is 0.785. The zero-order chi connectivity index (χ0) is 11.7. The lowest BCUT2D eigenvalue weighted by molar-refractivity contribution is 0.0683. The molecule has 1 aromatic heterocycles. The molecule has 2 aromatic rings. The molecule has 6 nitrogen and oxygen atoms in total. The lowest BCUT2D eigenvalue weighted by Gasteiger charge is -2.05. The first kappa shape index (κ1) is 10.2. The third kappa shape index (κ3) is 1.60. The Labute approximate surface area is 90.1 Å². The van der Waals surface area contributed by atoms with Crippen LogP contribution in [0, 0.1) is 0 Å². The van der Waals surface area contributed by atoms with E-state index in [0.29, 0.717) is 10.9 Å². The number of nitrogens with zero attached hydrogens (tertiary/aromatic N) is 2. The fourth-order valence-electron chi connectivity index (χ4n) is 1.34. The van der Waals surface area contributed by atoms with Gasteiger partial charge in [0.05, 0.1) is 18.0 Å². The average molecular weight is 220 g/mol. The fraction of sp³-hybridized carbons (Fsp3) is 0.100. The van der Waals surface area contributed by atoms with Crippen molar-refractivity contribution in [2.45, 2.75) is 0 Å². The van der Waals surface area contributed by atoms with Crippen molar-refractivity contribution < 1.29 is 19.7 Å². The summed E-state index contributed by atoms with van der Waals surface area (Å²) in [6, 6.07) is 4.37. The Kier molecular flexibility index (Phi) is 2.32. The molecule has 0 radical (unpaired) electrons. The number of carboxylic acid groups (broad SMARTS) is 1. The number of hydrogen-bond donors (Lipinski definition) is 2. The highest BCUT2D eigenvalue weighted by Crippen LogP contribution is 2.25. The average Bonchev–Trinajstić information content (AvgIpc) is 2.26. The molecule has 0 atom stereocenters. The molecule has 1 aromatic carbocycles. The van der Waals surface area contributed by atoms with Gasteiger partial charge in [-0.15, -0.1) is 0 Å². The number of methoxy groups -OCH3 is 1. The van der Waals surface area contributed by atoms with E-state index in [0.717, 1.165) is 0 Å². The predicted octanol–water partition coefficient (Wildman–Crippen LogP) is 1.04. The SMILES string of the molecule is COc1nc(C(=O)O)nc2cc(O)ccc12. The number of phenols is 1. The normalized spacial score (nSPS) is 10.3. The highest BCUT2D eigenvalue weighted by molar-refractivity contribution is 5.90. The third-order valence-corrected chi connectivity index (χ3v) is 2.03. The lowest BCUT2D eigenvalue weighted by Crippen LogP contribution is -2.05. The molecule has 0 saturated heterocycles. The van der Waals surface area contributed by atoms with Gasteiger partial charge >= 0.3 is 5.97 Å². The standard InChI is InChI=1S/C10H8N2O4/c1-16-9-6-3-2-5(13)4-7(6)11-8(12-9)10(14)15/h2-4,13H,1H3,(H,14,15). The molecular weight excluding hydrogens is 212 g/mol. The van der Waals surface area contributed by atoms with E-state index >= 15 is 0 Å². The van der Waals surface area contributed by atoms with Crippen molar-refractivity contribution in [3.63, 3.8) is 0 Å². The van der Waals surface area contributed by atoms with Gasteiger partial charge in [-0.2, -0.15) is 4.98 Å². The van der Waals surface area contributed by atoms with Gasteiger partial charge in [0.15, 0.2) is 0 Å². The molecule has 0 fully saturated rings. The number of phenolic OH excluding ortho intramolecular Hbond substituents is 1. The number of carbonyl (C=O) groups is 1. The molecule has 0 amide bonds. The summed E-state index contributed by atoms with van der Waals surface area (Å²) in [4.78, 5) is 18.3. The lowest BCUT2D eigenvalue weighted by atomic mass is 10.2. The van der Waals surface area contributed by atoms with Crippen LogP contribution >= 0.6 is 0 Å². The topological polar surface area (TPSA) is 92.5 Å². The molecule has 0 saturated carbocycles. The van der Waals surface area contributed by atoms with Gasteiger partial charge in [0.2, 0.25) is 11.7 Å². The van der Waals surface area contributed by atoms with Crippen molar-refractivity contribution in [1.82, 2.24) is 9.97 Å². The summed E-state index contributed by atoms with van der Waals surface area (Å²) in [5.41, 5.74) is 0.323. The van der Waals surface area contributed by atoms with Gasteiger partial charge in [0.25, 0.3) is 0 Å². The Morgan fingerprint density at radius 1 is 1.38 bits per heavy atom. The second kappa shape index (κ2) is 3.65. The summed E-state index contributed by atoms with van der Waals surface area (Å²) in [7, 11) is 1.39. The number of aromatic carboxylic acids is 1. The van der Waals surface area contributed by atoms with Crippen molar-refractivity contribution >= 4 is 16.9 Å². The summed E-state index contributed by atoms with van der Waals surface area (Å²) in [5, 5.41) is 18.6. The zero-order valence-corrected chi connectivity index (χ0v) is 8.34. The first-order valence-corrected chi connectivity index (χ1v) is 4.40. The molecule has 16 heavy (non-hydrogen) atoms. The van der Waals surface area contributed by atoms with Gasteiger partial charge in [0, 0.05) is 6.07 Å². The van der Waals surface area contributed by atoms with Crippen LogP contribution in [0.1, 0.15) is 10.6 Å². The van der Waals surface area contributed by atoms with E-state index in [1.807, 2.05) is 0 Å². The first-order chi connectivity index (χ1) is 7.61. The number of aromatic nitrogens is 2. The molecule has 0 aliphatic rings. The highest BCUT2D eigenvalue weighted by atomic mass is 16.5.